The van der Waals surface area contributed by atoms with E-state index in [-0.39, 0.29) is 0 Å². The van der Waals surface area contributed by atoms with Crippen LogP contribution in [-0.2, 0) is 10.2 Å². The molecule has 16 heavy (non-hydrogen) atoms. The largest absolute Gasteiger partial charge is 0.388 e. The summed E-state index contributed by atoms with van der Waals surface area (Å²) in [6.07, 6.45) is 1.75. The number of hydrogen-bond donors (Lipinski definition) is 0. The average molecular weight is 222 g/mol. The lowest BCUT2D eigenvalue weighted by Crippen LogP contribution is -2.10. The third-order valence-corrected chi connectivity index (χ3v) is 1.64. The lowest BCUT2D eigenvalue weighted by molar-refractivity contribution is 0.277. The van der Waals surface area contributed by atoms with Crippen LogP contribution in [0.2, 0.25) is 0 Å². The number of rotatable bonds is 0. The molecule has 0 aliphatic carbocycles. The van der Waals surface area contributed by atoms with Crippen LogP contribution in [0.3, 0.4) is 0 Å². The summed E-state index contributed by atoms with van der Waals surface area (Å²) in [6, 6.07) is 10.6. The van der Waals surface area contributed by atoms with E-state index in [0.29, 0.717) is 5.41 Å². The maximum absolute atomic E-state index is 4.25. The van der Waals surface area contributed by atoms with E-state index in [9.17, 15) is 0 Å². The molecule has 0 fully saturated rings. The first-order valence-corrected chi connectivity index (χ1v) is 5.46. The van der Waals surface area contributed by atoms with Crippen molar-refractivity contribution in [2.24, 2.45) is 0 Å². The van der Waals surface area contributed by atoms with Gasteiger partial charge in [-0.2, -0.15) is 0 Å². The Bertz CT molecular complexity index is 244. The predicted octanol–water partition coefficient (Wildman–Crippen LogP) is 4.44. The van der Waals surface area contributed by atoms with Gasteiger partial charge in [-0.15, -0.1) is 6.58 Å². The van der Waals surface area contributed by atoms with Crippen LogP contribution in [0.25, 0.3) is 0 Å². The quantitative estimate of drug-likeness (QED) is 0.590. The minimum Gasteiger partial charge on any atom is -0.388 e. The van der Waals surface area contributed by atoms with Crippen LogP contribution in [0.5, 0.6) is 0 Å². The Labute approximate surface area is 101 Å². The fourth-order valence-corrected chi connectivity index (χ4v) is 0.938. The van der Waals surface area contributed by atoms with Gasteiger partial charge in [0.15, 0.2) is 0 Å². The molecule has 1 aromatic carbocycles. The summed E-state index contributed by atoms with van der Waals surface area (Å²) in [5, 5.41) is 0. The van der Waals surface area contributed by atoms with E-state index in [0.717, 1.165) is 0 Å². The molecule has 0 aliphatic heterocycles. The Morgan fingerprint density at radius 2 is 1.38 bits per heavy atom. The van der Waals surface area contributed by atoms with E-state index >= 15 is 0 Å². The Morgan fingerprint density at radius 1 is 1.06 bits per heavy atom. The number of allylic oxidation sites excluding steroid dienone is 1. The van der Waals surface area contributed by atoms with Crippen molar-refractivity contribution < 1.29 is 4.74 Å². The van der Waals surface area contributed by atoms with Crippen molar-refractivity contribution in [2.45, 2.75) is 33.1 Å². The molecule has 0 spiro atoms. The minimum absolute atomic E-state index is 0.293. The van der Waals surface area contributed by atoms with Crippen molar-refractivity contribution in [1.29, 1.82) is 0 Å². The first kappa shape index (κ1) is 17.3. The summed E-state index contributed by atoms with van der Waals surface area (Å²) in [6.45, 7) is 11.9. The molecule has 0 N–H and O–H groups in total. The van der Waals surface area contributed by atoms with Crippen LogP contribution < -0.4 is 0 Å². The van der Waals surface area contributed by atoms with Crippen molar-refractivity contribution >= 4 is 0 Å². The second kappa shape index (κ2) is 10.4. The van der Waals surface area contributed by atoms with Crippen LogP contribution in [0.4, 0.5) is 0 Å². The first-order chi connectivity index (χ1) is 7.43. The highest BCUT2D eigenvalue weighted by molar-refractivity contribution is 5.21. The zero-order chi connectivity index (χ0) is 13.0. The molecule has 0 bridgehead atoms. The molecule has 1 aromatic rings. The molecular formula is C15H26O. The average Bonchev–Trinajstić information content (AvgIpc) is 2.20. The maximum atomic E-state index is 4.25. The Morgan fingerprint density at radius 3 is 1.56 bits per heavy atom. The third kappa shape index (κ3) is 11.0. The second-order valence-corrected chi connectivity index (χ2v) is 4.43. The van der Waals surface area contributed by atoms with E-state index in [2.05, 4.69) is 62.4 Å². The summed E-state index contributed by atoms with van der Waals surface area (Å²) >= 11 is 0. The fourth-order valence-electron chi connectivity index (χ4n) is 0.938. The molecule has 1 rings (SSSR count). The van der Waals surface area contributed by atoms with Crippen molar-refractivity contribution in [3.8, 4) is 0 Å². The predicted molar refractivity (Wildman–Crippen MR) is 73.9 cm³/mol. The molecule has 0 heterocycles. The number of hydrogen-bond acceptors (Lipinski definition) is 1. The highest BCUT2D eigenvalue weighted by atomic mass is 16.4. The highest BCUT2D eigenvalue weighted by Crippen LogP contribution is 2.20. The number of benzene rings is 1. The van der Waals surface area contributed by atoms with Gasteiger partial charge in [0.25, 0.3) is 0 Å². The van der Waals surface area contributed by atoms with E-state index < -0.39 is 0 Å². The van der Waals surface area contributed by atoms with E-state index in [1.807, 2.05) is 6.92 Å². The van der Waals surface area contributed by atoms with Gasteiger partial charge in [0.1, 0.15) is 0 Å². The SMILES string of the molecule is C=CC.CC(C)(C)c1ccccc1.COC. The van der Waals surface area contributed by atoms with Crippen molar-refractivity contribution in [2.75, 3.05) is 14.2 Å². The van der Waals surface area contributed by atoms with Crippen LogP contribution in [0.15, 0.2) is 43.0 Å². The maximum Gasteiger partial charge on any atom is 0.0351 e. The van der Waals surface area contributed by atoms with Gasteiger partial charge in [-0.05, 0) is 17.9 Å². The first-order valence-electron chi connectivity index (χ1n) is 5.46. The topological polar surface area (TPSA) is 9.23 Å². The lowest BCUT2D eigenvalue weighted by Gasteiger charge is -2.18. The van der Waals surface area contributed by atoms with Crippen LogP contribution in [0, 0.1) is 0 Å². The lowest BCUT2D eigenvalue weighted by atomic mass is 9.87. The number of ether oxygens (including phenoxy) is 1. The molecule has 0 saturated carbocycles. The standard InChI is InChI=1S/C10H14.C3H6.C2H6O/c1-10(2,3)9-7-5-4-6-8-9;2*1-3-2/h4-8H,1-3H3;3H,1H2,2H3;1-2H3. The summed E-state index contributed by atoms with van der Waals surface area (Å²) in [4.78, 5) is 0. The van der Waals surface area contributed by atoms with Crippen molar-refractivity contribution in [1.82, 2.24) is 0 Å². The van der Waals surface area contributed by atoms with Crippen molar-refractivity contribution in [3.05, 3.63) is 48.6 Å². The summed E-state index contributed by atoms with van der Waals surface area (Å²) in [7, 11) is 3.25. The molecule has 1 heteroatoms. The molecule has 1 nitrogen and oxygen atoms in total. The molecule has 0 unspecified atom stereocenters. The smallest absolute Gasteiger partial charge is 0.0351 e. The summed E-state index contributed by atoms with van der Waals surface area (Å²) in [5.74, 6) is 0. The molecule has 0 aromatic heterocycles. The molecule has 0 amide bonds. The Hall–Kier alpha value is -1.08. The monoisotopic (exact) mass is 222 g/mol. The zero-order valence-electron chi connectivity index (χ0n) is 11.6. The van der Waals surface area contributed by atoms with Crippen LogP contribution in [-0.4, -0.2) is 14.2 Å². The van der Waals surface area contributed by atoms with Gasteiger partial charge in [-0.1, -0.05) is 57.2 Å². The third-order valence-electron chi connectivity index (χ3n) is 1.64. The van der Waals surface area contributed by atoms with Crippen LogP contribution >= 0.6 is 0 Å². The number of methoxy groups -OCH3 is 1. The summed E-state index contributed by atoms with van der Waals surface area (Å²) < 4.78 is 4.25. The van der Waals surface area contributed by atoms with Gasteiger partial charge in [0.2, 0.25) is 0 Å². The van der Waals surface area contributed by atoms with Crippen LogP contribution in [0.1, 0.15) is 33.3 Å². The normalized spacial score (nSPS) is 9.12. The molecular weight excluding hydrogens is 196 g/mol. The van der Waals surface area contributed by atoms with Crippen molar-refractivity contribution in [3.63, 3.8) is 0 Å². The summed E-state index contributed by atoms with van der Waals surface area (Å²) in [5.41, 5.74) is 1.69. The molecule has 0 radical (unpaired) electrons. The highest BCUT2D eigenvalue weighted by Gasteiger charge is 2.11. The molecule has 0 aliphatic rings. The van der Waals surface area contributed by atoms with E-state index in [4.69, 9.17) is 0 Å². The molecule has 92 valence electrons. The van der Waals surface area contributed by atoms with Gasteiger partial charge in [0, 0.05) is 14.2 Å². The Kier molecular flexibility index (Phi) is 11.3. The fraction of sp³-hybridized carbons (Fsp3) is 0.467. The van der Waals surface area contributed by atoms with E-state index in [1.54, 1.807) is 20.3 Å². The van der Waals surface area contributed by atoms with Gasteiger partial charge in [0.05, 0.1) is 0 Å². The molecule has 0 saturated heterocycles. The van der Waals surface area contributed by atoms with Gasteiger partial charge in [-0.3, -0.25) is 0 Å². The Balaban J connectivity index is 0. The van der Waals surface area contributed by atoms with Gasteiger partial charge in [-0.25, -0.2) is 0 Å². The van der Waals surface area contributed by atoms with Gasteiger partial charge >= 0.3 is 0 Å². The van der Waals surface area contributed by atoms with Gasteiger partial charge < -0.3 is 4.74 Å². The second-order valence-electron chi connectivity index (χ2n) is 4.43. The minimum atomic E-state index is 0.293. The zero-order valence-corrected chi connectivity index (χ0v) is 11.6. The molecule has 0 atom stereocenters. The van der Waals surface area contributed by atoms with E-state index in [1.165, 1.54) is 5.56 Å².